The molecule has 25 heavy (non-hydrogen) atoms. The number of carbonyl (C=O) groups excluding carboxylic acids is 1. The summed E-state index contributed by atoms with van der Waals surface area (Å²) in [5.41, 5.74) is 0.695. The molecule has 0 radical (unpaired) electrons. The molecule has 0 spiro atoms. The van der Waals surface area contributed by atoms with Gasteiger partial charge in [-0.3, -0.25) is 4.79 Å². The number of hydrogen-bond donors (Lipinski definition) is 0. The minimum atomic E-state index is -0.319. The Balaban J connectivity index is 1.46. The summed E-state index contributed by atoms with van der Waals surface area (Å²) in [6, 6.07) is 6.20. The largest absolute Gasteiger partial charge is 0.380 e. The SMILES string of the molecule is Cc1noc([C@H]2COC[C@H]3CN(C(=O)Cc4cccc(F)c4)C[C@H]32)n1. The fourth-order valence-electron chi connectivity index (χ4n) is 3.85. The first kappa shape index (κ1) is 16.2. The van der Waals surface area contributed by atoms with Gasteiger partial charge in [0.1, 0.15) is 5.82 Å². The highest BCUT2D eigenvalue weighted by Crippen LogP contribution is 2.39. The molecule has 0 N–H and O–H groups in total. The maximum Gasteiger partial charge on any atom is 0.232 e. The maximum atomic E-state index is 13.3. The van der Waals surface area contributed by atoms with E-state index in [2.05, 4.69) is 10.1 Å². The first-order valence-electron chi connectivity index (χ1n) is 8.50. The number of ether oxygens (including phenoxy) is 1. The van der Waals surface area contributed by atoms with Crippen LogP contribution in [0.2, 0.25) is 0 Å². The van der Waals surface area contributed by atoms with Crippen molar-refractivity contribution in [3.63, 3.8) is 0 Å². The predicted octanol–water partition coefficient (Wildman–Crippen LogP) is 1.95. The van der Waals surface area contributed by atoms with Gasteiger partial charge in [0.05, 0.1) is 25.6 Å². The topological polar surface area (TPSA) is 68.5 Å². The fourth-order valence-corrected chi connectivity index (χ4v) is 3.85. The second kappa shape index (κ2) is 6.55. The molecule has 3 heterocycles. The Labute approximate surface area is 145 Å². The van der Waals surface area contributed by atoms with E-state index in [1.807, 2.05) is 4.90 Å². The van der Waals surface area contributed by atoms with Crippen molar-refractivity contribution < 1.29 is 18.4 Å². The minimum Gasteiger partial charge on any atom is -0.380 e. The van der Waals surface area contributed by atoms with Gasteiger partial charge in [-0.2, -0.15) is 4.98 Å². The molecule has 3 atom stereocenters. The summed E-state index contributed by atoms with van der Waals surface area (Å²) in [7, 11) is 0. The molecular formula is C18H20FN3O3. The zero-order valence-corrected chi connectivity index (χ0v) is 14.0. The molecule has 7 heteroatoms. The Morgan fingerprint density at radius 2 is 2.24 bits per heavy atom. The number of halogens is 1. The molecule has 0 unspecified atom stereocenters. The van der Waals surface area contributed by atoms with Crippen LogP contribution in [-0.2, 0) is 16.0 Å². The number of amides is 1. The van der Waals surface area contributed by atoms with Crippen LogP contribution in [-0.4, -0.2) is 47.3 Å². The minimum absolute atomic E-state index is 0.0143. The molecule has 1 aromatic heterocycles. The third kappa shape index (κ3) is 3.28. The summed E-state index contributed by atoms with van der Waals surface area (Å²) in [4.78, 5) is 18.8. The van der Waals surface area contributed by atoms with Crippen molar-refractivity contribution in [1.82, 2.24) is 15.0 Å². The number of hydrogen-bond acceptors (Lipinski definition) is 5. The molecule has 0 aliphatic carbocycles. The number of aryl methyl sites for hydroxylation is 1. The van der Waals surface area contributed by atoms with Gasteiger partial charge in [0.2, 0.25) is 11.8 Å². The first-order chi connectivity index (χ1) is 12.1. The molecule has 2 aliphatic heterocycles. The standard InChI is InChI=1S/C18H20FN3O3/c1-11-20-18(25-21-11)16-10-24-9-13-7-22(8-15(13)16)17(23)6-12-3-2-4-14(19)5-12/h2-5,13,15-16H,6-10H2,1H3/t13-,15-,16+/m1/s1. The van der Waals surface area contributed by atoms with Gasteiger partial charge >= 0.3 is 0 Å². The monoisotopic (exact) mass is 345 g/mol. The second-order valence-corrected chi connectivity index (χ2v) is 6.85. The molecule has 4 rings (SSSR count). The van der Waals surface area contributed by atoms with E-state index >= 15 is 0 Å². The quantitative estimate of drug-likeness (QED) is 0.850. The molecule has 2 aromatic rings. The normalized spacial score (nSPS) is 25.8. The number of benzene rings is 1. The number of carbonyl (C=O) groups is 1. The zero-order valence-electron chi connectivity index (χ0n) is 14.0. The number of rotatable bonds is 3. The van der Waals surface area contributed by atoms with Crippen molar-refractivity contribution in [2.45, 2.75) is 19.3 Å². The lowest BCUT2D eigenvalue weighted by atomic mass is 9.83. The van der Waals surface area contributed by atoms with E-state index in [9.17, 15) is 9.18 Å². The first-order valence-corrected chi connectivity index (χ1v) is 8.50. The van der Waals surface area contributed by atoms with Gasteiger partial charge in [0, 0.05) is 19.0 Å². The molecular weight excluding hydrogens is 325 g/mol. The Hall–Kier alpha value is -2.28. The molecule has 132 valence electrons. The molecule has 0 bridgehead atoms. The van der Waals surface area contributed by atoms with E-state index in [1.54, 1.807) is 19.1 Å². The molecule has 6 nitrogen and oxygen atoms in total. The summed E-state index contributed by atoms with van der Waals surface area (Å²) in [5, 5.41) is 3.87. The van der Waals surface area contributed by atoms with Crippen molar-refractivity contribution in [1.29, 1.82) is 0 Å². The van der Waals surface area contributed by atoms with Crippen molar-refractivity contribution in [2.24, 2.45) is 11.8 Å². The summed E-state index contributed by atoms with van der Waals surface area (Å²) < 4.78 is 24.3. The average Bonchev–Trinajstić information content (AvgIpc) is 3.20. The number of fused-ring (bicyclic) bond motifs is 1. The summed E-state index contributed by atoms with van der Waals surface area (Å²) >= 11 is 0. The fraction of sp³-hybridized carbons (Fsp3) is 0.500. The van der Waals surface area contributed by atoms with Crippen LogP contribution >= 0.6 is 0 Å². The smallest absolute Gasteiger partial charge is 0.232 e. The van der Waals surface area contributed by atoms with E-state index in [-0.39, 0.29) is 35.9 Å². The highest BCUT2D eigenvalue weighted by atomic mass is 19.1. The number of likely N-dealkylation sites (tertiary alicyclic amines) is 1. The van der Waals surface area contributed by atoms with E-state index in [1.165, 1.54) is 12.1 Å². The molecule has 1 amide bonds. The lowest BCUT2D eigenvalue weighted by Crippen LogP contribution is -2.33. The number of aromatic nitrogens is 2. The number of nitrogens with zero attached hydrogens (tertiary/aromatic N) is 3. The van der Waals surface area contributed by atoms with Gasteiger partial charge in [0.15, 0.2) is 5.82 Å². The Morgan fingerprint density at radius 3 is 3.00 bits per heavy atom. The van der Waals surface area contributed by atoms with Crippen LogP contribution in [0.5, 0.6) is 0 Å². The Kier molecular flexibility index (Phi) is 4.25. The van der Waals surface area contributed by atoms with Gasteiger partial charge < -0.3 is 14.2 Å². The Bertz CT molecular complexity index is 778. The van der Waals surface area contributed by atoms with E-state index in [0.29, 0.717) is 43.6 Å². The predicted molar refractivity (Wildman–Crippen MR) is 86.3 cm³/mol. The van der Waals surface area contributed by atoms with E-state index < -0.39 is 0 Å². The van der Waals surface area contributed by atoms with Crippen molar-refractivity contribution >= 4 is 5.91 Å². The molecule has 1 aromatic carbocycles. The van der Waals surface area contributed by atoms with Gasteiger partial charge in [-0.05, 0) is 30.5 Å². The van der Waals surface area contributed by atoms with Crippen LogP contribution in [0.15, 0.2) is 28.8 Å². The van der Waals surface area contributed by atoms with Gasteiger partial charge in [-0.25, -0.2) is 4.39 Å². The van der Waals surface area contributed by atoms with E-state index in [0.717, 1.165) is 0 Å². The van der Waals surface area contributed by atoms with Crippen LogP contribution in [0.25, 0.3) is 0 Å². The highest BCUT2D eigenvalue weighted by Gasteiger charge is 2.44. The van der Waals surface area contributed by atoms with Crippen LogP contribution in [0.4, 0.5) is 4.39 Å². The van der Waals surface area contributed by atoms with Crippen LogP contribution in [0.3, 0.4) is 0 Å². The molecule has 2 fully saturated rings. The third-order valence-electron chi connectivity index (χ3n) is 5.10. The lowest BCUT2D eigenvalue weighted by Gasteiger charge is -2.30. The van der Waals surface area contributed by atoms with Gasteiger partial charge in [-0.15, -0.1) is 0 Å². The molecule has 0 saturated carbocycles. The summed E-state index contributed by atoms with van der Waals surface area (Å²) in [6.07, 6.45) is 0.211. The van der Waals surface area contributed by atoms with Crippen LogP contribution in [0, 0.1) is 24.6 Å². The maximum absolute atomic E-state index is 13.3. The van der Waals surface area contributed by atoms with Crippen LogP contribution < -0.4 is 0 Å². The average molecular weight is 345 g/mol. The highest BCUT2D eigenvalue weighted by molar-refractivity contribution is 5.79. The second-order valence-electron chi connectivity index (χ2n) is 6.85. The van der Waals surface area contributed by atoms with Crippen molar-refractivity contribution in [2.75, 3.05) is 26.3 Å². The van der Waals surface area contributed by atoms with Gasteiger partial charge in [-0.1, -0.05) is 17.3 Å². The third-order valence-corrected chi connectivity index (χ3v) is 5.10. The Morgan fingerprint density at radius 1 is 1.36 bits per heavy atom. The molecule has 2 saturated heterocycles. The van der Waals surface area contributed by atoms with Gasteiger partial charge in [0.25, 0.3) is 0 Å². The zero-order chi connectivity index (χ0) is 17.4. The molecule has 2 aliphatic rings. The summed E-state index contributed by atoms with van der Waals surface area (Å²) in [6.45, 7) is 4.26. The lowest BCUT2D eigenvalue weighted by molar-refractivity contribution is -0.129. The van der Waals surface area contributed by atoms with Crippen molar-refractivity contribution in [3.05, 3.63) is 47.4 Å². The summed E-state index contributed by atoms with van der Waals surface area (Å²) in [5.74, 6) is 1.43. The van der Waals surface area contributed by atoms with E-state index in [4.69, 9.17) is 9.26 Å². The van der Waals surface area contributed by atoms with Crippen molar-refractivity contribution in [3.8, 4) is 0 Å². The van der Waals surface area contributed by atoms with Crippen LogP contribution in [0.1, 0.15) is 23.2 Å².